The standard InChI is InChI=1S/C22H27N3O2S3/c1-2-3-9-24-18(17-7-5-4-6-8-17)16-29-21(24)19-20(26)25(22(28)30-19)11-10-23-12-14-27-15-13-23/h4-8,16H,2-3,9-15H2,1H3. The number of thiocarbonyl (C=S) groups is 1. The molecule has 0 unspecified atom stereocenters. The van der Waals surface area contributed by atoms with Crippen molar-refractivity contribution in [3.63, 3.8) is 0 Å². The topological polar surface area (TPSA) is 36.0 Å². The Morgan fingerprint density at radius 3 is 2.57 bits per heavy atom. The van der Waals surface area contributed by atoms with E-state index in [0.717, 1.165) is 62.2 Å². The monoisotopic (exact) mass is 461 g/mol. The number of hydrogen-bond donors (Lipinski definition) is 0. The van der Waals surface area contributed by atoms with Gasteiger partial charge in [0.05, 0.1) is 23.9 Å². The molecule has 2 fully saturated rings. The highest BCUT2D eigenvalue weighted by Gasteiger charge is 2.38. The number of nitrogens with zero attached hydrogens (tertiary/aromatic N) is 3. The van der Waals surface area contributed by atoms with E-state index in [1.807, 2.05) is 6.07 Å². The van der Waals surface area contributed by atoms with Crippen molar-refractivity contribution >= 4 is 51.7 Å². The van der Waals surface area contributed by atoms with Crippen LogP contribution in [0.3, 0.4) is 0 Å². The van der Waals surface area contributed by atoms with Crippen molar-refractivity contribution in [2.24, 2.45) is 0 Å². The largest absolute Gasteiger partial charge is 0.379 e. The van der Waals surface area contributed by atoms with Gasteiger partial charge in [-0.25, -0.2) is 0 Å². The van der Waals surface area contributed by atoms with Crippen molar-refractivity contribution in [2.45, 2.75) is 19.8 Å². The van der Waals surface area contributed by atoms with Crippen LogP contribution in [-0.4, -0.2) is 70.9 Å². The van der Waals surface area contributed by atoms with Gasteiger partial charge in [-0.15, -0.1) is 0 Å². The average Bonchev–Trinajstić information content (AvgIpc) is 3.32. The van der Waals surface area contributed by atoms with Crippen LogP contribution in [0.15, 0.2) is 45.7 Å². The molecule has 0 spiro atoms. The molecule has 0 saturated carbocycles. The van der Waals surface area contributed by atoms with Crippen LogP contribution in [0.1, 0.15) is 25.3 Å². The highest BCUT2D eigenvalue weighted by atomic mass is 32.2. The number of rotatable bonds is 7. The summed E-state index contributed by atoms with van der Waals surface area (Å²) in [6, 6.07) is 10.4. The molecule has 160 valence electrons. The molecule has 0 bridgehead atoms. The maximum Gasteiger partial charge on any atom is 0.268 e. The van der Waals surface area contributed by atoms with Gasteiger partial charge in [-0.3, -0.25) is 14.6 Å². The lowest BCUT2D eigenvalue weighted by Crippen LogP contribution is -2.42. The Bertz CT molecular complexity index is 850. The Labute approximate surface area is 192 Å². The molecule has 0 aromatic heterocycles. The van der Waals surface area contributed by atoms with Crippen molar-refractivity contribution in [3.8, 4) is 0 Å². The highest BCUT2D eigenvalue weighted by molar-refractivity contribution is 8.27. The molecule has 30 heavy (non-hydrogen) atoms. The molecule has 3 aliphatic heterocycles. The zero-order valence-corrected chi connectivity index (χ0v) is 19.7. The maximum atomic E-state index is 13.3. The summed E-state index contributed by atoms with van der Waals surface area (Å²) >= 11 is 8.68. The van der Waals surface area contributed by atoms with Gasteiger partial charge in [-0.1, -0.05) is 79.4 Å². The molecule has 1 aromatic rings. The number of amides is 1. The van der Waals surface area contributed by atoms with E-state index >= 15 is 0 Å². The SMILES string of the molecule is CCCCN1C(c2ccccc2)=CSC1=C1SC(=S)N(CCN2CCOCC2)C1=O. The Morgan fingerprint density at radius 2 is 1.83 bits per heavy atom. The van der Waals surface area contributed by atoms with E-state index in [1.54, 1.807) is 16.7 Å². The first-order valence-corrected chi connectivity index (χ1v) is 12.6. The molecule has 5 nitrogen and oxygen atoms in total. The summed E-state index contributed by atoms with van der Waals surface area (Å²) in [7, 11) is 0. The Hall–Kier alpha value is -1.32. The van der Waals surface area contributed by atoms with Crippen LogP contribution < -0.4 is 0 Å². The third kappa shape index (κ3) is 4.78. The molecule has 4 rings (SSSR count). The summed E-state index contributed by atoms with van der Waals surface area (Å²) in [6.07, 6.45) is 2.18. The fourth-order valence-corrected chi connectivity index (χ4v) is 6.23. The molecule has 1 amide bonds. The predicted octanol–water partition coefficient (Wildman–Crippen LogP) is 4.20. The summed E-state index contributed by atoms with van der Waals surface area (Å²) in [4.78, 5) is 20.5. The number of benzene rings is 1. The van der Waals surface area contributed by atoms with Crippen LogP contribution in [0.5, 0.6) is 0 Å². The number of hydrogen-bond acceptors (Lipinski definition) is 7. The molecule has 2 saturated heterocycles. The molecule has 0 N–H and O–H groups in total. The van der Waals surface area contributed by atoms with E-state index in [1.165, 1.54) is 23.0 Å². The van der Waals surface area contributed by atoms with Crippen molar-refractivity contribution in [1.82, 2.24) is 14.7 Å². The van der Waals surface area contributed by atoms with E-state index in [0.29, 0.717) is 10.9 Å². The normalized spacial score (nSPS) is 22.9. The van der Waals surface area contributed by atoms with E-state index < -0.39 is 0 Å². The summed E-state index contributed by atoms with van der Waals surface area (Å²) in [6.45, 7) is 7.93. The highest BCUT2D eigenvalue weighted by Crippen LogP contribution is 2.46. The van der Waals surface area contributed by atoms with E-state index in [9.17, 15) is 4.79 Å². The molecule has 1 aromatic carbocycles. The first kappa shape index (κ1) is 21.9. The smallest absolute Gasteiger partial charge is 0.268 e. The van der Waals surface area contributed by atoms with Gasteiger partial charge in [0.15, 0.2) is 0 Å². The van der Waals surface area contributed by atoms with Gasteiger partial charge in [-0.2, -0.15) is 0 Å². The fraction of sp³-hybridized carbons (Fsp3) is 0.455. The zero-order chi connectivity index (χ0) is 20.9. The van der Waals surface area contributed by atoms with Gasteiger partial charge in [0, 0.05) is 38.1 Å². The number of morpholine rings is 1. The lowest BCUT2D eigenvalue weighted by atomic mass is 10.1. The Kier molecular flexibility index (Phi) is 7.54. The number of carbonyl (C=O) groups excluding carboxylic acids is 1. The van der Waals surface area contributed by atoms with Crippen LogP contribution in [0.4, 0.5) is 0 Å². The van der Waals surface area contributed by atoms with Gasteiger partial charge in [0.25, 0.3) is 5.91 Å². The quantitative estimate of drug-likeness (QED) is 0.445. The Morgan fingerprint density at radius 1 is 1.07 bits per heavy atom. The van der Waals surface area contributed by atoms with E-state index in [2.05, 4.69) is 46.4 Å². The predicted molar refractivity (Wildman–Crippen MR) is 130 cm³/mol. The van der Waals surface area contributed by atoms with Gasteiger partial charge < -0.3 is 9.64 Å². The Balaban J connectivity index is 1.52. The van der Waals surface area contributed by atoms with Crippen molar-refractivity contribution in [3.05, 3.63) is 51.2 Å². The lowest BCUT2D eigenvalue weighted by Gasteiger charge is -2.28. The fourth-order valence-electron chi connectivity index (χ4n) is 3.68. The summed E-state index contributed by atoms with van der Waals surface area (Å²) in [5, 5.41) is 3.19. The molecule has 3 heterocycles. The minimum atomic E-state index is 0.0463. The number of thioether (sulfide) groups is 2. The number of carbonyl (C=O) groups is 1. The van der Waals surface area contributed by atoms with Crippen molar-refractivity contribution in [2.75, 3.05) is 45.9 Å². The second-order valence-corrected chi connectivity index (χ2v) is 9.91. The van der Waals surface area contributed by atoms with Crippen LogP contribution >= 0.6 is 35.7 Å². The maximum absolute atomic E-state index is 13.3. The number of unbranched alkanes of at least 4 members (excludes halogenated alkanes) is 1. The van der Waals surface area contributed by atoms with Gasteiger partial charge in [0.1, 0.15) is 9.23 Å². The third-order valence-corrected chi connectivity index (χ3v) is 7.97. The van der Waals surface area contributed by atoms with Crippen LogP contribution in [0, 0.1) is 0 Å². The average molecular weight is 462 g/mol. The van der Waals surface area contributed by atoms with E-state index in [-0.39, 0.29) is 5.91 Å². The lowest BCUT2D eigenvalue weighted by molar-refractivity contribution is -0.122. The first-order valence-electron chi connectivity index (χ1n) is 10.5. The van der Waals surface area contributed by atoms with Crippen LogP contribution in [-0.2, 0) is 9.53 Å². The minimum absolute atomic E-state index is 0.0463. The van der Waals surface area contributed by atoms with Crippen LogP contribution in [0.2, 0.25) is 0 Å². The van der Waals surface area contributed by atoms with Gasteiger partial charge in [-0.05, 0) is 12.0 Å². The minimum Gasteiger partial charge on any atom is -0.379 e. The zero-order valence-electron chi connectivity index (χ0n) is 17.2. The van der Waals surface area contributed by atoms with Crippen molar-refractivity contribution in [1.29, 1.82) is 0 Å². The van der Waals surface area contributed by atoms with Crippen molar-refractivity contribution < 1.29 is 9.53 Å². The van der Waals surface area contributed by atoms with Gasteiger partial charge >= 0.3 is 0 Å². The molecule has 0 atom stereocenters. The molecule has 0 aliphatic carbocycles. The second kappa shape index (κ2) is 10.3. The molecular formula is C22H27N3O2S3. The molecular weight excluding hydrogens is 434 g/mol. The van der Waals surface area contributed by atoms with E-state index in [4.69, 9.17) is 17.0 Å². The third-order valence-electron chi connectivity index (χ3n) is 5.41. The summed E-state index contributed by atoms with van der Waals surface area (Å²) in [5.74, 6) is 0.0463. The number of ether oxygens (including phenoxy) is 1. The second-order valence-electron chi connectivity index (χ2n) is 7.41. The molecule has 3 aliphatic rings. The van der Waals surface area contributed by atoms with Gasteiger partial charge in [0.2, 0.25) is 0 Å². The molecule has 8 heteroatoms. The summed E-state index contributed by atoms with van der Waals surface area (Å²) in [5.41, 5.74) is 2.35. The molecule has 0 radical (unpaired) electrons. The summed E-state index contributed by atoms with van der Waals surface area (Å²) < 4.78 is 6.08. The van der Waals surface area contributed by atoms with Crippen LogP contribution in [0.25, 0.3) is 5.70 Å². The first-order chi connectivity index (χ1) is 14.7.